The third kappa shape index (κ3) is 3.47. The number of halogens is 1. The molecule has 4 aromatic rings. The number of hydrogen-bond acceptors (Lipinski definition) is 5. The van der Waals surface area contributed by atoms with Crippen molar-refractivity contribution in [1.82, 2.24) is 19.3 Å². The van der Waals surface area contributed by atoms with Crippen molar-refractivity contribution in [3.05, 3.63) is 81.4 Å². The van der Waals surface area contributed by atoms with Crippen LogP contribution in [0, 0.1) is 13.8 Å². The van der Waals surface area contributed by atoms with Crippen molar-refractivity contribution in [3.63, 3.8) is 0 Å². The van der Waals surface area contributed by atoms with Crippen LogP contribution in [0.25, 0.3) is 39.0 Å². The third-order valence-corrected chi connectivity index (χ3v) is 7.96. The van der Waals surface area contributed by atoms with E-state index >= 15 is 0 Å². The monoisotopic (exact) mass is 546 g/mol. The molecule has 0 aliphatic carbocycles. The SMILES string of the molecule is C/C=C\C(Br)=C/c1cn2c(n1)-c1sc3c(C)c1/C(=C\C=C(/C)c1nc4cc(C)ccc4n1O3)C2O. The van der Waals surface area contributed by atoms with Gasteiger partial charge in [0, 0.05) is 27.4 Å². The molecule has 1 atom stereocenters. The molecule has 1 aromatic carbocycles. The highest BCUT2D eigenvalue weighted by Gasteiger charge is 2.34. The van der Waals surface area contributed by atoms with Crippen LogP contribution in [0.3, 0.4) is 0 Å². The minimum atomic E-state index is -0.862. The van der Waals surface area contributed by atoms with Gasteiger partial charge in [-0.3, -0.25) is 4.57 Å². The largest absolute Gasteiger partial charge is 0.369 e. The number of fused-ring (bicyclic) bond motifs is 6. The molecule has 35 heavy (non-hydrogen) atoms. The van der Waals surface area contributed by atoms with Crippen LogP contribution in [0.1, 0.15) is 48.3 Å². The molecule has 2 aliphatic rings. The Hall–Kier alpha value is -3.20. The molecule has 3 aromatic heterocycles. The smallest absolute Gasteiger partial charge is 0.213 e. The topological polar surface area (TPSA) is 65.1 Å². The van der Waals surface area contributed by atoms with Gasteiger partial charge in [-0.1, -0.05) is 57.6 Å². The fraction of sp³-hybridized carbons (Fsp3) is 0.185. The van der Waals surface area contributed by atoms with Gasteiger partial charge in [-0.05, 0) is 57.0 Å². The number of aryl methyl sites for hydroxylation is 1. The molecule has 176 valence electrons. The van der Waals surface area contributed by atoms with E-state index in [0.717, 1.165) is 70.6 Å². The molecule has 2 aliphatic heterocycles. The van der Waals surface area contributed by atoms with Crippen molar-refractivity contribution in [1.29, 1.82) is 0 Å². The molecule has 2 bridgehead atoms. The Bertz CT molecular complexity index is 1650. The van der Waals surface area contributed by atoms with Gasteiger partial charge in [-0.2, -0.15) is 4.73 Å². The van der Waals surface area contributed by atoms with Gasteiger partial charge in [0.05, 0.1) is 16.1 Å². The number of nitrogens with zero attached hydrogens (tertiary/aromatic N) is 4. The molecule has 0 amide bonds. The predicted octanol–water partition coefficient (Wildman–Crippen LogP) is 7.04. The third-order valence-electron chi connectivity index (χ3n) is 6.31. The van der Waals surface area contributed by atoms with Crippen molar-refractivity contribution in [3.8, 4) is 15.8 Å². The van der Waals surface area contributed by atoms with Crippen LogP contribution in [-0.4, -0.2) is 24.4 Å². The van der Waals surface area contributed by atoms with E-state index in [1.165, 1.54) is 0 Å². The summed E-state index contributed by atoms with van der Waals surface area (Å²) < 4.78 is 4.55. The highest BCUT2D eigenvalue weighted by molar-refractivity contribution is 9.12. The quantitative estimate of drug-likeness (QED) is 0.274. The van der Waals surface area contributed by atoms with Gasteiger partial charge < -0.3 is 9.94 Å². The molecule has 0 saturated carbocycles. The van der Waals surface area contributed by atoms with Gasteiger partial charge in [0.25, 0.3) is 0 Å². The summed E-state index contributed by atoms with van der Waals surface area (Å²) >= 11 is 5.10. The van der Waals surface area contributed by atoms with Crippen molar-refractivity contribution >= 4 is 55.5 Å². The zero-order valence-corrected chi connectivity index (χ0v) is 22.1. The van der Waals surface area contributed by atoms with Crippen LogP contribution in [0.4, 0.5) is 0 Å². The normalized spacial score (nSPS) is 20.2. The number of allylic oxidation sites excluding steroid dienone is 6. The maximum atomic E-state index is 11.4. The second-order valence-corrected chi connectivity index (χ2v) is 10.7. The van der Waals surface area contributed by atoms with Gasteiger partial charge in [-0.25, -0.2) is 9.97 Å². The Morgan fingerprint density at radius 2 is 2.00 bits per heavy atom. The summed E-state index contributed by atoms with van der Waals surface area (Å²) in [4.78, 5) is 17.2. The fourth-order valence-corrected chi connectivity index (χ4v) is 6.27. The molecule has 5 heterocycles. The number of aliphatic hydroxyl groups excluding tert-OH is 1. The lowest BCUT2D eigenvalue weighted by Gasteiger charge is -2.24. The van der Waals surface area contributed by atoms with Gasteiger partial charge in [0.15, 0.2) is 17.9 Å². The summed E-state index contributed by atoms with van der Waals surface area (Å²) in [6.45, 7) is 8.07. The zero-order chi connectivity index (χ0) is 24.4. The summed E-state index contributed by atoms with van der Waals surface area (Å²) in [6, 6.07) is 6.18. The lowest BCUT2D eigenvalue weighted by atomic mass is 9.96. The highest BCUT2D eigenvalue weighted by Crippen LogP contribution is 2.51. The Kier molecular flexibility index (Phi) is 5.21. The van der Waals surface area contributed by atoms with E-state index < -0.39 is 6.23 Å². The zero-order valence-electron chi connectivity index (χ0n) is 19.7. The van der Waals surface area contributed by atoms with Gasteiger partial charge in [0.2, 0.25) is 5.06 Å². The van der Waals surface area contributed by atoms with Gasteiger partial charge in [-0.15, -0.1) is 0 Å². The molecule has 0 radical (unpaired) electrons. The fourth-order valence-electron chi connectivity index (χ4n) is 4.60. The van der Waals surface area contributed by atoms with Gasteiger partial charge in [0.1, 0.15) is 5.52 Å². The van der Waals surface area contributed by atoms with Crippen LogP contribution in [0.15, 0.2) is 53.2 Å². The molecule has 0 saturated heterocycles. The van der Waals surface area contributed by atoms with Crippen LogP contribution < -0.4 is 4.84 Å². The predicted molar refractivity (Wildman–Crippen MR) is 145 cm³/mol. The summed E-state index contributed by atoms with van der Waals surface area (Å²) in [5.41, 5.74) is 7.43. The maximum absolute atomic E-state index is 11.4. The second kappa shape index (κ2) is 8.19. The van der Waals surface area contributed by atoms with Crippen LogP contribution in [0.5, 0.6) is 5.06 Å². The minimum absolute atomic E-state index is 0.728. The molecule has 8 heteroatoms. The van der Waals surface area contributed by atoms with E-state index in [1.54, 1.807) is 11.3 Å². The van der Waals surface area contributed by atoms with Crippen molar-refractivity contribution in [2.75, 3.05) is 0 Å². The number of aromatic nitrogens is 4. The van der Waals surface area contributed by atoms with E-state index in [4.69, 9.17) is 14.8 Å². The summed E-state index contributed by atoms with van der Waals surface area (Å²) in [5.74, 6) is 1.47. The Balaban J connectivity index is 1.59. The molecular weight excluding hydrogens is 524 g/mol. The summed E-state index contributed by atoms with van der Waals surface area (Å²) in [5, 5.41) is 12.2. The second-order valence-electron chi connectivity index (χ2n) is 8.80. The van der Waals surface area contributed by atoms with Crippen LogP contribution in [-0.2, 0) is 0 Å². The Labute approximate surface area is 215 Å². The first-order valence-corrected chi connectivity index (χ1v) is 12.9. The first-order chi connectivity index (χ1) is 16.9. The maximum Gasteiger partial charge on any atom is 0.213 e. The van der Waals surface area contributed by atoms with E-state index in [2.05, 4.69) is 35.0 Å². The van der Waals surface area contributed by atoms with Crippen molar-refractivity contribution in [2.45, 2.75) is 33.9 Å². The number of rotatable bonds is 2. The average Bonchev–Trinajstić information content (AvgIpc) is 3.48. The number of thiophene rings is 1. The summed E-state index contributed by atoms with van der Waals surface area (Å²) in [6.07, 6.45) is 10.9. The number of aliphatic hydroxyl groups is 1. The molecule has 0 spiro atoms. The molecular formula is C27H23BrN4O2S. The molecule has 1 unspecified atom stereocenters. The standard InChI is InChI=1S/C27H23BrN4O2S/c1-5-6-17(28)12-18-13-31-25(29-18)23-22-16(4)27(35-23)34-32-21-10-7-14(2)11-20(21)30-24(32)15(3)8-9-19(22)26(31)33/h5-13,26,33H,1-4H3/b6-5-,15-8+,17-12+,19-9+. The lowest BCUT2D eigenvalue weighted by Crippen LogP contribution is -2.16. The van der Waals surface area contributed by atoms with Crippen molar-refractivity contribution in [2.24, 2.45) is 0 Å². The molecule has 6 nitrogen and oxygen atoms in total. The Morgan fingerprint density at radius 1 is 1.17 bits per heavy atom. The lowest BCUT2D eigenvalue weighted by molar-refractivity contribution is 0.164. The number of imidazole rings is 2. The number of benzene rings is 1. The molecule has 0 fully saturated rings. The van der Waals surface area contributed by atoms with E-state index in [-0.39, 0.29) is 0 Å². The first-order valence-electron chi connectivity index (χ1n) is 11.3. The summed E-state index contributed by atoms with van der Waals surface area (Å²) in [7, 11) is 0. The average molecular weight is 547 g/mol. The highest BCUT2D eigenvalue weighted by atomic mass is 79.9. The first kappa shape index (κ1) is 22.3. The Morgan fingerprint density at radius 3 is 2.80 bits per heavy atom. The van der Waals surface area contributed by atoms with E-state index in [9.17, 15) is 5.11 Å². The van der Waals surface area contributed by atoms with E-state index in [1.807, 2.05) is 72.7 Å². The van der Waals surface area contributed by atoms with Crippen LogP contribution in [0.2, 0.25) is 0 Å². The van der Waals surface area contributed by atoms with Crippen LogP contribution >= 0.6 is 27.3 Å². The van der Waals surface area contributed by atoms with E-state index in [0.29, 0.717) is 0 Å². The minimum Gasteiger partial charge on any atom is -0.369 e. The van der Waals surface area contributed by atoms with Crippen molar-refractivity contribution < 1.29 is 9.94 Å². The van der Waals surface area contributed by atoms with Gasteiger partial charge >= 0.3 is 0 Å². The number of hydrogen-bond donors (Lipinski definition) is 1. The molecule has 1 N–H and O–H groups in total. The molecule has 6 rings (SSSR count).